The molecule has 0 spiro atoms. The van der Waals surface area contributed by atoms with E-state index in [9.17, 15) is 0 Å². The van der Waals surface area contributed by atoms with E-state index < -0.39 is 0 Å². The zero-order valence-electron chi connectivity index (χ0n) is 4.54. The molecule has 0 fully saturated rings. The van der Waals surface area contributed by atoms with Crippen LogP contribution in [0.15, 0.2) is 29.2 Å². The highest BCUT2D eigenvalue weighted by Gasteiger charge is 1.87. The lowest BCUT2D eigenvalue weighted by Gasteiger charge is -1.94. The van der Waals surface area contributed by atoms with E-state index in [1.165, 1.54) is 0 Å². The van der Waals surface area contributed by atoms with Gasteiger partial charge in [0.1, 0.15) is 5.75 Å². The van der Waals surface area contributed by atoms with Crippen molar-refractivity contribution in [2.75, 3.05) is 0 Å². The molecule has 0 radical (unpaired) electrons. The van der Waals surface area contributed by atoms with E-state index in [2.05, 4.69) is 12.6 Å². The fraction of sp³-hybridized carbons (Fsp3) is 0. The summed E-state index contributed by atoms with van der Waals surface area (Å²) in [7, 11) is 0. The fourth-order valence-corrected chi connectivity index (χ4v) is 0.940. The molecule has 0 aromatic heterocycles. The Balaban J connectivity index is 2.88. The average Bonchev–Trinajstić information content (AvgIpc) is 1.90. The average molecular weight is 252 g/mol. The molecular formula is C6H5IOS. The number of hydrogen-bond acceptors (Lipinski definition) is 2. The number of rotatable bonds is 1. The van der Waals surface area contributed by atoms with Crippen molar-refractivity contribution in [3.05, 3.63) is 24.3 Å². The first-order chi connectivity index (χ1) is 4.33. The number of benzene rings is 1. The third-order valence-corrected chi connectivity index (χ3v) is 1.73. The minimum Gasteiger partial charge on any atom is -0.428 e. The SMILES string of the molecule is Sc1ccc(OI)cc1. The molecule has 1 nitrogen and oxygen atoms in total. The smallest absolute Gasteiger partial charge is 0.192 e. The summed E-state index contributed by atoms with van der Waals surface area (Å²) in [6, 6.07) is 7.51. The summed E-state index contributed by atoms with van der Waals surface area (Å²) in [5.74, 6) is 0.855. The summed E-state index contributed by atoms with van der Waals surface area (Å²) in [5.41, 5.74) is 0. The zero-order valence-corrected chi connectivity index (χ0v) is 7.59. The Hall–Kier alpha value is 0.1000. The van der Waals surface area contributed by atoms with E-state index in [1.807, 2.05) is 47.3 Å². The van der Waals surface area contributed by atoms with Crippen molar-refractivity contribution in [3.8, 4) is 5.75 Å². The topological polar surface area (TPSA) is 9.23 Å². The van der Waals surface area contributed by atoms with Crippen molar-refractivity contribution in [3.63, 3.8) is 0 Å². The Morgan fingerprint density at radius 1 is 1.22 bits per heavy atom. The van der Waals surface area contributed by atoms with Gasteiger partial charge in [-0.05, 0) is 24.3 Å². The van der Waals surface area contributed by atoms with Gasteiger partial charge in [-0.15, -0.1) is 12.6 Å². The van der Waals surface area contributed by atoms with Crippen LogP contribution in [0.1, 0.15) is 0 Å². The van der Waals surface area contributed by atoms with Crippen LogP contribution in [0.25, 0.3) is 0 Å². The maximum Gasteiger partial charge on any atom is 0.192 e. The van der Waals surface area contributed by atoms with Crippen LogP contribution in [0.4, 0.5) is 0 Å². The summed E-state index contributed by atoms with van der Waals surface area (Å²) in [6.07, 6.45) is 0. The lowest BCUT2D eigenvalue weighted by atomic mass is 10.3. The molecule has 0 N–H and O–H groups in total. The number of hydrogen-bond donors (Lipinski definition) is 1. The van der Waals surface area contributed by atoms with E-state index in [0.29, 0.717) is 0 Å². The summed E-state index contributed by atoms with van der Waals surface area (Å²) in [4.78, 5) is 0.951. The Labute approximate surface area is 73.5 Å². The van der Waals surface area contributed by atoms with Crippen molar-refractivity contribution < 1.29 is 3.07 Å². The predicted octanol–water partition coefficient (Wildman–Crippen LogP) is 2.70. The molecule has 48 valence electrons. The van der Waals surface area contributed by atoms with E-state index in [1.54, 1.807) is 0 Å². The minimum atomic E-state index is 0.855. The third-order valence-electron chi connectivity index (χ3n) is 0.926. The van der Waals surface area contributed by atoms with Crippen LogP contribution in [0.5, 0.6) is 5.75 Å². The van der Waals surface area contributed by atoms with Gasteiger partial charge in [0.2, 0.25) is 0 Å². The van der Waals surface area contributed by atoms with Crippen LogP contribution in [-0.4, -0.2) is 0 Å². The van der Waals surface area contributed by atoms with Crippen LogP contribution in [0.2, 0.25) is 0 Å². The Kier molecular flexibility index (Phi) is 2.65. The van der Waals surface area contributed by atoms with Crippen molar-refractivity contribution in [1.29, 1.82) is 0 Å². The molecule has 0 heterocycles. The number of thiol groups is 1. The Morgan fingerprint density at radius 2 is 1.78 bits per heavy atom. The van der Waals surface area contributed by atoms with Crippen molar-refractivity contribution in [2.45, 2.75) is 4.90 Å². The molecule has 1 rings (SSSR count). The molecule has 1 aromatic carbocycles. The summed E-state index contributed by atoms with van der Waals surface area (Å²) >= 11 is 5.95. The van der Waals surface area contributed by atoms with Crippen LogP contribution in [0.3, 0.4) is 0 Å². The summed E-state index contributed by atoms with van der Waals surface area (Å²) in [6.45, 7) is 0. The van der Waals surface area contributed by atoms with E-state index in [4.69, 9.17) is 3.07 Å². The van der Waals surface area contributed by atoms with Gasteiger partial charge in [-0.1, -0.05) is 0 Å². The maximum absolute atomic E-state index is 4.91. The van der Waals surface area contributed by atoms with Gasteiger partial charge in [0, 0.05) is 4.90 Å². The van der Waals surface area contributed by atoms with Gasteiger partial charge in [0.15, 0.2) is 23.0 Å². The second-order valence-electron chi connectivity index (χ2n) is 1.57. The molecule has 0 saturated heterocycles. The first-order valence-corrected chi connectivity index (χ1v) is 3.73. The van der Waals surface area contributed by atoms with Gasteiger partial charge in [0.25, 0.3) is 0 Å². The van der Waals surface area contributed by atoms with Crippen molar-refractivity contribution in [1.82, 2.24) is 0 Å². The highest BCUT2D eigenvalue weighted by Crippen LogP contribution is 2.15. The molecule has 0 saturated carbocycles. The normalized spacial score (nSPS) is 9.11. The molecule has 0 atom stereocenters. The van der Waals surface area contributed by atoms with Crippen LogP contribution in [-0.2, 0) is 0 Å². The quantitative estimate of drug-likeness (QED) is 0.597. The van der Waals surface area contributed by atoms with Gasteiger partial charge < -0.3 is 3.07 Å². The maximum atomic E-state index is 4.91. The minimum absolute atomic E-state index is 0.855. The van der Waals surface area contributed by atoms with Crippen LogP contribution in [0, 0.1) is 0 Å². The molecule has 0 bridgehead atoms. The molecule has 1 aromatic rings. The lowest BCUT2D eigenvalue weighted by molar-refractivity contribution is 0.716. The highest BCUT2D eigenvalue weighted by molar-refractivity contribution is 14.1. The largest absolute Gasteiger partial charge is 0.428 e. The molecule has 0 unspecified atom stereocenters. The Bertz CT molecular complexity index is 185. The second kappa shape index (κ2) is 3.31. The Morgan fingerprint density at radius 3 is 2.22 bits per heavy atom. The molecule has 3 heteroatoms. The van der Waals surface area contributed by atoms with Gasteiger partial charge in [-0.25, -0.2) is 0 Å². The molecule has 0 aliphatic carbocycles. The molecule has 0 amide bonds. The zero-order chi connectivity index (χ0) is 6.69. The monoisotopic (exact) mass is 252 g/mol. The van der Waals surface area contributed by atoms with E-state index in [0.717, 1.165) is 10.6 Å². The van der Waals surface area contributed by atoms with E-state index >= 15 is 0 Å². The lowest BCUT2D eigenvalue weighted by Crippen LogP contribution is -1.71. The van der Waals surface area contributed by atoms with Crippen molar-refractivity contribution >= 4 is 35.6 Å². The van der Waals surface area contributed by atoms with Gasteiger partial charge in [-0.3, -0.25) is 0 Å². The van der Waals surface area contributed by atoms with Crippen LogP contribution >= 0.6 is 35.6 Å². The third kappa shape index (κ3) is 2.06. The summed E-state index contributed by atoms with van der Waals surface area (Å²) in [5, 5.41) is 0. The van der Waals surface area contributed by atoms with Gasteiger partial charge in [0.05, 0.1) is 0 Å². The predicted molar refractivity (Wildman–Crippen MR) is 48.3 cm³/mol. The highest BCUT2D eigenvalue weighted by atomic mass is 127. The number of halogens is 1. The molecule has 0 aliphatic rings. The van der Waals surface area contributed by atoms with Gasteiger partial charge >= 0.3 is 0 Å². The first-order valence-electron chi connectivity index (χ1n) is 2.40. The molecule has 9 heavy (non-hydrogen) atoms. The molecular weight excluding hydrogens is 247 g/mol. The standard InChI is InChI=1S/C6H5IOS/c7-8-5-1-3-6(9)4-2-5/h1-4,9H. The van der Waals surface area contributed by atoms with Gasteiger partial charge in [-0.2, -0.15) is 0 Å². The molecule has 0 aliphatic heterocycles. The van der Waals surface area contributed by atoms with Crippen molar-refractivity contribution in [2.24, 2.45) is 0 Å². The van der Waals surface area contributed by atoms with Crippen LogP contribution < -0.4 is 3.07 Å². The van der Waals surface area contributed by atoms with E-state index in [-0.39, 0.29) is 0 Å². The second-order valence-corrected chi connectivity index (χ2v) is 2.53. The summed E-state index contributed by atoms with van der Waals surface area (Å²) < 4.78 is 4.91. The first kappa shape index (κ1) is 7.21. The fourth-order valence-electron chi connectivity index (χ4n) is 0.498.